The van der Waals surface area contributed by atoms with Crippen molar-refractivity contribution in [1.29, 1.82) is 0 Å². The van der Waals surface area contributed by atoms with Gasteiger partial charge in [-0.2, -0.15) is 0 Å². The second kappa shape index (κ2) is 4.32. The van der Waals surface area contributed by atoms with E-state index in [2.05, 4.69) is 6.07 Å². The average Bonchev–Trinajstić information content (AvgIpc) is 2.86. The highest BCUT2D eigenvalue weighted by molar-refractivity contribution is 5.84. The Bertz CT molecular complexity index is 553. The van der Waals surface area contributed by atoms with Gasteiger partial charge in [-0.15, -0.1) is 0 Å². The van der Waals surface area contributed by atoms with Crippen LogP contribution in [0.2, 0.25) is 0 Å². The Morgan fingerprint density at radius 2 is 2.00 bits per heavy atom. The maximum atomic E-state index is 6.58. The lowest BCUT2D eigenvalue weighted by Crippen LogP contribution is -2.38. The number of furan rings is 1. The summed E-state index contributed by atoms with van der Waals surface area (Å²) in [7, 11) is 1.67. The van der Waals surface area contributed by atoms with Crippen molar-refractivity contribution in [2.75, 3.05) is 7.11 Å². The Hall–Kier alpha value is -1.48. The molecule has 0 saturated heterocycles. The van der Waals surface area contributed by atoms with Gasteiger partial charge >= 0.3 is 0 Å². The maximum absolute atomic E-state index is 6.58. The molecule has 1 saturated carbocycles. The summed E-state index contributed by atoms with van der Waals surface area (Å²) in [6.45, 7) is 0. The zero-order chi connectivity index (χ0) is 12.6. The fourth-order valence-electron chi connectivity index (χ4n) is 2.96. The monoisotopic (exact) mass is 245 g/mol. The molecule has 2 aromatic rings. The molecule has 1 aliphatic rings. The van der Waals surface area contributed by atoms with E-state index in [1.165, 1.54) is 24.8 Å². The molecule has 0 bridgehead atoms. The van der Waals surface area contributed by atoms with Crippen molar-refractivity contribution in [3.63, 3.8) is 0 Å². The first-order chi connectivity index (χ1) is 8.73. The van der Waals surface area contributed by atoms with Crippen LogP contribution in [-0.2, 0) is 5.54 Å². The Balaban J connectivity index is 2.10. The summed E-state index contributed by atoms with van der Waals surface area (Å²) in [6.07, 6.45) is 7.52. The molecular formula is C15H19NO2. The van der Waals surface area contributed by atoms with E-state index in [-0.39, 0.29) is 5.54 Å². The lowest BCUT2D eigenvalue weighted by atomic mass is 9.77. The van der Waals surface area contributed by atoms with Crippen molar-refractivity contribution in [1.82, 2.24) is 0 Å². The molecule has 0 spiro atoms. The van der Waals surface area contributed by atoms with Gasteiger partial charge in [0, 0.05) is 10.9 Å². The van der Waals surface area contributed by atoms with Gasteiger partial charge in [-0.05, 0) is 36.6 Å². The van der Waals surface area contributed by atoms with Crippen LogP contribution in [0, 0.1) is 0 Å². The number of methoxy groups -OCH3 is 1. The first-order valence-corrected chi connectivity index (χ1v) is 6.57. The van der Waals surface area contributed by atoms with Gasteiger partial charge in [0.1, 0.15) is 0 Å². The molecule has 1 heterocycles. The Labute approximate surface area is 107 Å². The number of benzene rings is 1. The number of fused-ring (bicyclic) bond motifs is 1. The smallest absolute Gasteiger partial charge is 0.175 e. The van der Waals surface area contributed by atoms with Crippen LogP contribution in [0.25, 0.3) is 11.0 Å². The molecule has 0 radical (unpaired) electrons. The summed E-state index contributed by atoms with van der Waals surface area (Å²) in [5, 5.41) is 1.07. The average molecular weight is 245 g/mol. The summed E-state index contributed by atoms with van der Waals surface area (Å²) >= 11 is 0. The van der Waals surface area contributed by atoms with E-state index in [0.717, 1.165) is 29.6 Å². The third kappa shape index (κ3) is 1.79. The highest BCUT2D eigenvalue weighted by Gasteiger charge is 2.30. The highest BCUT2D eigenvalue weighted by Crippen LogP contribution is 2.39. The second-order valence-electron chi connectivity index (χ2n) is 5.23. The van der Waals surface area contributed by atoms with Crippen molar-refractivity contribution in [3.8, 4) is 5.75 Å². The SMILES string of the molecule is COc1cc(C2(N)CCCCC2)cc2ccoc12. The van der Waals surface area contributed by atoms with Crippen molar-refractivity contribution < 1.29 is 9.15 Å². The maximum Gasteiger partial charge on any atom is 0.175 e. The van der Waals surface area contributed by atoms with Gasteiger partial charge in [-0.3, -0.25) is 0 Å². The van der Waals surface area contributed by atoms with E-state index < -0.39 is 0 Å². The molecule has 0 aliphatic heterocycles. The van der Waals surface area contributed by atoms with Crippen LogP contribution < -0.4 is 10.5 Å². The van der Waals surface area contributed by atoms with Crippen LogP contribution in [0.3, 0.4) is 0 Å². The van der Waals surface area contributed by atoms with Crippen LogP contribution >= 0.6 is 0 Å². The molecule has 1 aliphatic carbocycles. The molecule has 1 aromatic heterocycles. The largest absolute Gasteiger partial charge is 0.493 e. The number of hydrogen-bond acceptors (Lipinski definition) is 3. The molecule has 3 nitrogen and oxygen atoms in total. The minimum Gasteiger partial charge on any atom is -0.493 e. The van der Waals surface area contributed by atoms with E-state index in [9.17, 15) is 0 Å². The standard InChI is InChI=1S/C15H19NO2/c1-17-13-10-12(9-11-5-8-18-14(11)13)15(16)6-3-2-4-7-15/h5,8-10H,2-4,6-7,16H2,1H3. The highest BCUT2D eigenvalue weighted by atomic mass is 16.5. The molecule has 3 rings (SSSR count). The van der Waals surface area contributed by atoms with Crippen molar-refractivity contribution in [2.45, 2.75) is 37.6 Å². The third-order valence-electron chi connectivity index (χ3n) is 4.06. The summed E-state index contributed by atoms with van der Waals surface area (Å²) in [5.41, 5.74) is 8.36. The lowest BCUT2D eigenvalue weighted by molar-refractivity contribution is 0.301. The van der Waals surface area contributed by atoms with Gasteiger partial charge in [-0.1, -0.05) is 19.3 Å². The fourth-order valence-corrected chi connectivity index (χ4v) is 2.96. The van der Waals surface area contributed by atoms with Crippen LogP contribution in [0.5, 0.6) is 5.75 Å². The molecule has 1 fully saturated rings. The van der Waals surface area contributed by atoms with Gasteiger partial charge in [0.25, 0.3) is 0 Å². The fraction of sp³-hybridized carbons (Fsp3) is 0.467. The quantitative estimate of drug-likeness (QED) is 0.880. The summed E-state index contributed by atoms with van der Waals surface area (Å²) in [5.74, 6) is 0.780. The third-order valence-corrected chi connectivity index (χ3v) is 4.06. The van der Waals surface area contributed by atoms with E-state index in [1.807, 2.05) is 12.1 Å². The molecule has 96 valence electrons. The molecular weight excluding hydrogens is 226 g/mol. The van der Waals surface area contributed by atoms with Gasteiger partial charge in [0.2, 0.25) is 0 Å². The molecule has 1 aromatic carbocycles. The van der Waals surface area contributed by atoms with E-state index >= 15 is 0 Å². The van der Waals surface area contributed by atoms with Crippen LogP contribution in [-0.4, -0.2) is 7.11 Å². The minimum absolute atomic E-state index is 0.197. The van der Waals surface area contributed by atoms with Crippen molar-refractivity contribution in [3.05, 3.63) is 30.0 Å². The predicted octanol–water partition coefficient (Wildman–Crippen LogP) is 3.56. The van der Waals surface area contributed by atoms with Crippen molar-refractivity contribution in [2.24, 2.45) is 5.73 Å². The van der Waals surface area contributed by atoms with E-state index in [1.54, 1.807) is 13.4 Å². The Morgan fingerprint density at radius 3 is 2.72 bits per heavy atom. The van der Waals surface area contributed by atoms with Crippen LogP contribution in [0.4, 0.5) is 0 Å². The molecule has 3 heteroatoms. The van der Waals surface area contributed by atoms with Crippen LogP contribution in [0.15, 0.2) is 28.9 Å². The molecule has 0 amide bonds. The first-order valence-electron chi connectivity index (χ1n) is 6.57. The summed E-state index contributed by atoms with van der Waals surface area (Å²) in [6, 6.07) is 6.15. The van der Waals surface area contributed by atoms with Gasteiger partial charge < -0.3 is 14.9 Å². The number of hydrogen-bond donors (Lipinski definition) is 1. The topological polar surface area (TPSA) is 48.4 Å². The van der Waals surface area contributed by atoms with Gasteiger partial charge in [0.15, 0.2) is 11.3 Å². The molecule has 18 heavy (non-hydrogen) atoms. The molecule has 0 atom stereocenters. The minimum atomic E-state index is -0.197. The Morgan fingerprint density at radius 1 is 1.22 bits per heavy atom. The first kappa shape index (κ1) is 11.6. The normalized spacial score (nSPS) is 19.0. The van der Waals surface area contributed by atoms with E-state index in [0.29, 0.717) is 0 Å². The lowest BCUT2D eigenvalue weighted by Gasteiger charge is -2.34. The van der Waals surface area contributed by atoms with E-state index in [4.69, 9.17) is 14.9 Å². The zero-order valence-electron chi connectivity index (χ0n) is 10.7. The van der Waals surface area contributed by atoms with Crippen LogP contribution in [0.1, 0.15) is 37.7 Å². The number of ether oxygens (including phenoxy) is 1. The molecule has 2 N–H and O–H groups in total. The zero-order valence-corrected chi connectivity index (χ0v) is 10.7. The van der Waals surface area contributed by atoms with Gasteiger partial charge in [0.05, 0.1) is 13.4 Å². The summed E-state index contributed by atoms with van der Waals surface area (Å²) < 4.78 is 10.9. The van der Waals surface area contributed by atoms with Crippen molar-refractivity contribution >= 4 is 11.0 Å². The summed E-state index contributed by atoms with van der Waals surface area (Å²) in [4.78, 5) is 0. The second-order valence-corrected chi connectivity index (χ2v) is 5.23. The predicted molar refractivity (Wildman–Crippen MR) is 71.7 cm³/mol. The number of nitrogens with two attached hydrogens (primary N) is 1. The number of rotatable bonds is 2. The van der Waals surface area contributed by atoms with Gasteiger partial charge in [-0.25, -0.2) is 0 Å². The Kier molecular flexibility index (Phi) is 2.78. The molecule has 0 unspecified atom stereocenters.